The van der Waals surface area contributed by atoms with Gasteiger partial charge in [-0.15, -0.1) is 12.4 Å². The maximum absolute atomic E-state index is 11.8. The lowest BCUT2D eigenvalue weighted by Gasteiger charge is -2.14. The fraction of sp³-hybridized carbons (Fsp3) is 0.500. The Kier molecular flexibility index (Phi) is 8.19. The number of rotatable bonds is 6. The Bertz CT molecular complexity index is 397. The Hall–Kier alpha value is -1.26. The summed E-state index contributed by atoms with van der Waals surface area (Å²) in [7, 11) is 0. The number of nitrogens with one attached hydrogen (secondary N) is 1. The van der Waals surface area contributed by atoms with Gasteiger partial charge in [0.25, 0.3) is 0 Å². The lowest BCUT2D eigenvalue weighted by atomic mass is 10.0. The maximum Gasteiger partial charge on any atom is 0.241 e. The number of amides is 1. The number of ether oxygens (including phenoxy) is 1. The van der Waals surface area contributed by atoms with E-state index in [1.165, 1.54) is 0 Å². The summed E-state index contributed by atoms with van der Waals surface area (Å²) in [6.07, 6.45) is 0.678. The molecule has 0 aromatic heterocycles. The van der Waals surface area contributed by atoms with Gasteiger partial charge in [-0.05, 0) is 31.4 Å². The predicted molar refractivity (Wildman–Crippen MR) is 80.9 cm³/mol. The zero-order chi connectivity index (χ0) is 13.5. The van der Waals surface area contributed by atoms with Gasteiger partial charge in [0.2, 0.25) is 5.91 Å². The van der Waals surface area contributed by atoms with Gasteiger partial charge in [0.1, 0.15) is 5.75 Å². The molecule has 5 heteroatoms. The molecule has 0 fully saturated rings. The Morgan fingerprint density at radius 2 is 2.11 bits per heavy atom. The van der Waals surface area contributed by atoms with Gasteiger partial charge in [-0.2, -0.15) is 0 Å². The molecule has 1 atom stereocenters. The molecule has 0 saturated carbocycles. The number of benzene rings is 1. The largest absolute Gasteiger partial charge is 0.494 e. The van der Waals surface area contributed by atoms with E-state index in [0.29, 0.717) is 24.6 Å². The predicted octanol–water partition coefficient (Wildman–Crippen LogP) is 2.82. The number of halogens is 1. The van der Waals surface area contributed by atoms with Gasteiger partial charge in [0.05, 0.1) is 12.6 Å². The minimum absolute atomic E-state index is 0. The lowest BCUT2D eigenvalue weighted by molar-refractivity contribution is -0.117. The first-order valence-corrected chi connectivity index (χ1v) is 6.32. The van der Waals surface area contributed by atoms with E-state index in [-0.39, 0.29) is 18.3 Å². The van der Waals surface area contributed by atoms with Gasteiger partial charge in [-0.25, -0.2) is 0 Å². The molecule has 0 aliphatic carbocycles. The highest BCUT2D eigenvalue weighted by molar-refractivity contribution is 5.94. The van der Waals surface area contributed by atoms with E-state index in [0.717, 1.165) is 5.75 Å². The SMILES string of the molecule is CCOc1cccc(NC(=O)[C@@H](N)CC(C)C)c1.Cl. The minimum Gasteiger partial charge on any atom is -0.494 e. The molecule has 0 saturated heterocycles. The van der Waals surface area contributed by atoms with Crippen molar-refractivity contribution in [1.29, 1.82) is 0 Å². The van der Waals surface area contributed by atoms with Crippen LogP contribution in [0.5, 0.6) is 5.75 Å². The molecule has 3 N–H and O–H groups in total. The quantitative estimate of drug-likeness (QED) is 0.845. The third kappa shape index (κ3) is 6.45. The van der Waals surface area contributed by atoms with E-state index in [4.69, 9.17) is 10.5 Å². The van der Waals surface area contributed by atoms with Crippen LogP contribution in [-0.4, -0.2) is 18.6 Å². The number of hydrogen-bond acceptors (Lipinski definition) is 3. The molecular weight excluding hydrogens is 264 g/mol. The van der Waals surface area contributed by atoms with Crippen LogP contribution in [0.25, 0.3) is 0 Å². The second-order valence-electron chi connectivity index (χ2n) is 4.69. The van der Waals surface area contributed by atoms with Crippen molar-refractivity contribution in [3.05, 3.63) is 24.3 Å². The summed E-state index contributed by atoms with van der Waals surface area (Å²) in [6, 6.07) is 6.84. The fourth-order valence-corrected chi connectivity index (χ4v) is 1.68. The van der Waals surface area contributed by atoms with E-state index < -0.39 is 6.04 Å². The van der Waals surface area contributed by atoms with Gasteiger partial charge < -0.3 is 15.8 Å². The second kappa shape index (κ2) is 8.77. The molecule has 0 aliphatic heterocycles. The minimum atomic E-state index is -0.472. The van der Waals surface area contributed by atoms with Gasteiger partial charge in [-0.3, -0.25) is 4.79 Å². The topological polar surface area (TPSA) is 64.3 Å². The number of nitrogens with two attached hydrogens (primary N) is 1. The molecule has 1 amide bonds. The third-order valence-corrected chi connectivity index (χ3v) is 2.47. The van der Waals surface area contributed by atoms with Gasteiger partial charge >= 0.3 is 0 Å². The molecule has 0 bridgehead atoms. The van der Waals surface area contributed by atoms with E-state index >= 15 is 0 Å². The monoisotopic (exact) mass is 286 g/mol. The lowest BCUT2D eigenvalue weighted by Crippen LogP contribution is -2.36. The maximum atomic E-state index is 11.8. The first kappa shape index (κ1) is 17.7. The Balaban J connectivity index is 0.00000324. The van der Waals surface area contributed by atoms with Crippen molar-refractivity contribution in [2.45, 2.75) is 33.2 Å². The van der Waals surface area contributed by atoms with Crippen LogP contribution in [-0.2, 0) is 4.79 Å². The van der Waals surface area contributed by atoms with Crippen LogP contribution in [0.15, 0.2) is 24.3 Å². The van der Waals surface area contributed by atoms with Crippen LogP contribution >= 0.6 is 12.4 Å². The molecule has 1 aromatic carbocycles. The fourth-order valence-electron chi connectivity index (χ4n) is 1.68. The van der Waals surface area contributed by atoms with Gasteiger partial charge in [0, 0.05) is 11.8 Å². The number of carbonyl (C=O) groups excluding carboxylic acids is 1. The van der Waals surface area contributed by atoms with E-state index in [9.17, 15) is 4.79 Å². The van der Waals surface area contributed by atoms with Crippen molar-refractivity contribution in [3.63, 3.8) is 0 Å². The van der Waals surface area contributed by atoms with Crippen molar-refractivity contribution >= 4 is 24.0 Å². The summed E-state index contributed by atoms with van der Waals surface area (Å²) in [5, 5.41) is 2.80. The molecule has 0 aliphatic rings. The Labute approximate surface area is 121 Å². The zero-order valence-corrected chi connectivity index (χ0v) is 12.5. The molecular formula is C14H23ClN2O2. The summed E-state index contributed by atoms with van der Waals surface area (Å²) in [4.78, 5) is 11.8. The average Bonchev–Trinajstić information content (AvgIpc) is 2.29. The first-order valence-electron chi connectivity index (χ1n) is 6.32. The molecule has 0 heterocycles. The molecule has 0 radical (unpaired) electrons. The summed E-state index contributed by atoms with van der Waals surface area (Å²) < 4.78 is 5.37. The summed E-state index contributed by atoms with van der Waals surface area (Å²) >= 11 is 0. The van der Waals surface area contributed by atoms with Crippen LogP contribution in [0.3, 0.4) is 0 Å². The number of hydrogen-bond donors (Lipinski definition) is 2. The second-order valence-corrected chi connectivity index (χ2v) is 4.69. The number of carbonyl (C=O) groups is 1. The molecule has 108 valence electrons. The Morgan fingerprint density at radius 3 is 2.68 bits per heavy atom. The molecule has 19 heavy (non-hydrogen) atoms. The van der Waals surface area contributed by atoms with Crippen molar-refractivity contribution in [2.24, 2.45) is 11.7 Å². The van der Waals surface area contributed by atoms with Crippen LogP contribution < -0.4 is 15.8 Å². The zero-order valence-electron chi connectivity index (χ0n) is 11.7. The van der Waals surface area contributed by atoms with Crippen molar-refractivity contribution < 1.29 is 9.53 Å². The van der Waals surface area contributed by atoms with Crippen LogP contribution in [0.2, 0.25) is 0 Å². The highest BCUT2D eigenvalue weighted by atomic mass is 35.5. The molecule has 1 aromatic rings. The number of anilines is 1. The Morgan fingerprint density at radius 1 is 1.42 bits per heavy atom. The normalized spacial score (nSPS) is 11.6. The highest BCUT2D eigenvalue weighted by Gasteiger charge is 2.15. The van der Waals surface area contributed by atoms with Crippen molar-refractivity contribution in [3.8, 4) is 5.75 Å². The van der Waals surface area contributed by atoms with E-state index in [2.05, 4.69) is 5.32 Å². The molecule has 0 spiro atoms. The third-order valence-electron chi connectivity index (χ3n) is 2.47. The van der Waals surface area contributed by atoms with Crippen LogP contribution in [0.4, 0.5) is 5.69 Å². The highest BCUT2D eigenvalue weighted by Crippen LogP contribution is 2.17. The van der Waals surface area contributed by atoms with Crippen LogP contribution in [0, 0.1) is 5.92 Å². The molecule has 0 unspecified atom stereocenters. The molecule has 1 rings (SSSR count). The van der Waals surface area contributed by atoms with Crippen LogP contribution in [0.1, 0.15) is 27.2 Å². The van der Waals surface area contributed by atoms with Gasteiger partial charge in [-0.1, -0.05) is 19.9 Å². The van der Waals surface area contributed by atoms with Crippen molar-refractivity contribution in [1.82, 2.24) is 0 Å². The first-order chi connectivity index (χ1) is 8.52. The van der Waals surface area contributed by atoms with Gasteiger partial charge in [0.15, 0.2) is 0 Å². The van der Waals surface area contributed by atoms with E-state index in [1.807, 2.05) is 39.0 Å². The van der Waals surface area contributed by atoms with E-state index in [1.54, 1.807) is 6.07 Å². The average molecular weight is 287 g/mol. The smallest absolute Gasteiger partial charge is 0.241 e. The summed E-state index contributed by atoms with van der Waals surface area (Å²) in [5.74, 6) is 0.991. The standard InChI is InChI=1S/C14H22N2O2.ClH/c1-4-18-12-7-5-6-11(9-12)16-14(17)13(15)8-10(2)3;/h5-7,9-10,13H,4,8,15H2,1-3H3,(H,16,17);1H/t13-;/m0./s1. The summed E-state index contributed by atoms with van der Waals surface area (Å²) in [5.41, 5.74) is 6.53. The summed E-state index contributed by atoms with van der Waals surface area (Å²) in [6.45, 7) is 6.61. The molecule has 4 nitrogen and oxygen atoms in total. The van der Waals surface area contributed by atoms with Crippen molar-refractivity contribution in [2.75, 3.05) is 11.9 Å².